The third kappa shape index (κ3) is 5.98. The molecule has 166 valence electrons. The molecule has 0 bridgehead atoms. The van der Waals surface area contributed by atoms with Crippen LogP contribution in [0.4, 0.5) is 34.5 Å². The summed E-state index contributed by atoms with van der Waals surface area (Å²) in [6.45, 7) is 9.55. The molecule has 3 aromatic rings. The molecule has 2 aromatic carbocycles. The summed E-state index contributed by atoms with van der Waals surface area (Å²) in [6, 6.07) is 13.5. The van der Waals surface area contributed by atoms with Gasteiger partial charge in [0.2, 0.25) is 11.9 Å². The Hall–Kier alpha value is -4.07. The van der Waals surface area contributed by atoms with Crippen LogP contribution in [0.1, 0.15) is 19.4 Å². The Morgan fingerprint density at radius 2 is 1.88 bits per heavy atom. The Morgan fingerprint density at radius 1 is 1.09 bits per heavy atom. The maximum Gasteiger partial charge on any atom is 0.247 e. The van der Waals surface area contributed by atoms with Gasteiger partial charge in [0.15, 0.2) is 0 Å². The molecule has 0 radical (unpaired) electrons. The highest BCUT2D eigenvalue weighted by Crippen LogP contribution is 2.31. The summed E-state index contributed by atoms with van der Waals surface area (Å²) in [4.78, 5) is 20.6. The Morgan fingerprint density at radius 3 is 2.59 bits per heavy atom. The van der Waals surface area contributed by atoms with E-state index in [0.29, 0.717) is 29.2 Å². The van der Waals surface area contributed by atoms with Crippen molar-refractivity contribution in [2.24, 2.45) is 0 Å². The zero-order valence-electron chi connectivity index (χ0n) is 18.7. The smallest absolute Gasteiger partial charge is 0.247 e. The summed E-state index contributed by atoms with van der Waals surface area (Å²) in [6.07, 6.45) is 2.97. The van der Waals surface area contributed by atoms with Crippen LogP contribution in [0.3, 0.4) is 0 Å². The summed E-state index contributed by atoms with van der Waals surface area (Å²) < 4.78 is 5.53. The third-order valence-corrected chi connectivity index (χ3v) is 4.45. The molecule has 1 heterocycles. The van der Waals surface area contributed by atoms with Gasteiger partial charge in [-0.25, -0.2) is 4.98 Å². The first-order chi connectivity index (χ1) is 15.4. The summed E-state index contributed by atoms with van der Waals surface area (Å²) in [5.41, 5.74) is 4.04. The van der Waals surface area contributed by atoms with Crippen molar-refractivity contribution in [1.29, 1.82) is 0 Å². The lowest BCUT2D eigenvalue weighted by atomic mass is 10.2. The predicted octanol–water partition coefficient (Wildman–Crippen LogP) is 5.23. The number of methoxy groups -OCH3 is 1. The molecular formula is C24H28N6O2. The molecule has 0 spiro atoms. The van der Waals surface area contributed by atoms with Crippen LogP contribution in [0.2, 0.25) is 0 Å². The van der Waals surface area contributed by atoms with Gasteiger partial charge in [-0.2, -0.15) is 4.98 Å². The van der Waals surface area contributed by atoms with Crippen LogP contribution in [0, 0.1) is 6.92 Å². The van der Waals surface area contributed by atoms with E-state index in [4.69, 9.17) is 4.74 Å². The van der Waals surface area contributed by atoms with E-state index in [-0.39, 0.29) is 5.91 Å². The number of rotatable bonds is 9. The van der Waals surface area contributed by atoms with Crippen molar-refractivity contribution in [3.8, 4) is 5.75 Å². The molecule has 0 aliphatic heterocycles. The van der Waals surface area contributed by atoms with Gasteiger partial charge in [0.1, 0.15) is 11.6 Å². The highest BCUT2D eigenvalue weighted by Gasteiger charge is 2.10. The van der Waals surface area contributed by atoms with E-state index in [2.05, 4.69) is 51.7 Å². The third-order valence-electron chi connectivity index (χ3n) is 4.45. The summed E-state index contributed by atoms with van der Waals surface area (Å²) in [5.74, 6) is 1.49. The van der Waals surface area contributed by atoms with Crippen LogP contribution < -0.4 is 26.0 Å². The van der Waals surface area contributed by atoms with Crippen molar-refractivity contribution in [1.82, 2.24) is 9.97 Å². The number of amides is 1. The SMILES string of the molecule is C=CC(=O)Nc1cccc(Nc2nc(Nc3ccc(NC(C)C)cc3OC)ncc2C)c1. The number of carbonyl (C=O) groups is 1. The van der Waals surface area contributed by atoms with E-state index in [0.717, 1.165) is 22.6 Å². The Balaban J connectivity index is 1.80. The number of aryl methyl sites for hydroxylation is 1. The van der Waals surface area contributed by atoms with Gasteiger partial charge < -0.3 is 26.0 Å². The minimum atomic E-state index is -0.268. The number of hydrogen-bond acceptors (Lipinski definition) is 7. The van der Waals surface area contributed by atoms with Gasteiger partial charge in [-0.1, -0.05) is 12.6 Å². The van der Waals surface area contributed by atoms with Gasteiger partial charge >= 0.3 is 0 Å². The van der Waals surface area contributed by atoms with E-state index < -0.39 is 0 Å². The fourth-order valence-electron chi connectivity index (χ4n) is 2.97. The fourth-order valence-corrected chi connectivity index (χ4v) is 2.97. The molecule has 0 fully saturated rings. The molecule has 3 rings (SSSR count). The van der Waals surface area contributed by atoms with Crippen LogP contribution in [-0.4, -0.2) is 29.0 Å². The first kappa shape index (κ1) is 22.6. The molecule has 0 saturated carbocycles. The highest BCUT2D eigenvalue weighted by molar-refractivity contribution is 5.99. The second-order valence-electron chi connectivity index (χ2n) is 7.46. The van der Waals surface area contributed by atoms with Gasteiger partial charge in [-0.3, -0.25) is 4.79 Å². The lowest BCUT2D eigenvalue weighted by Gasteiger charge is -2.15. The average molecular weight is 433 g/mol. The molecule has 0 atom stereocenters. The zero-order chi connectivity index (χ0) is 23.1. The Kier molecular flexibility index (Phi) is 7.28. The molecule has 0 aliphatic carbocycles. The van der Waals surface area contributed by atoms with E-state index in [1.54, 1.807) is 19.4 Å². The number of nitrogens with one attached hydrogen (secondary N) is 4. The Labute approximate surface area is 188 Å². The van der Waals surface area contributed by atoms with Gasteiger partial charge in [-0.05, 0) is 57.2 Å². The summed E-state index contributed by atoms with van der Waals surface area (Å²) in [7, 11) is 1.63. The van der Waals surface area contributed by atoms with Crippen molar-refractivity contribution in [2.45, 2.75) is 26.8 Å². The van der Waals surface area contributed by atoms with Gasteiger partial charge in [-0.15, -0.1) is 0 Å². The molecule has 32 heavy (non-hydrogen) atoms. The normalized spacial score (nSPS) is 10.4. The number of hydrogen-bond donors (Lipinski definition) is 4. The minimum absolute atomic E-state index is 0.268. The average Bonchev–Trinajstić information content (AvgIpc) is 2.76. The summed E-state index contributed by atoms with van der Waals surface area (Å²) in [5, 5.41) is 12.6. The monoisotopic (exact) mass is 432 g/mol. The molecule has 8 nitrogen and oxygen atoms in total. The van der Waals surface area contributed by atoms with Crippen LogP contribution in [0.5, 0.6) is 5.75 Å². The molecule has 1 aromatic heterocycles. The van der Waals surface area contributed by atoms with E-state index in [1.165, 1.54) is 6.08 Å². The lowest BCUT2D eigenvalue weighted by Crippen LogP contribution is -2.10. The van der Waals surface area contributed by atoms with Gasteiger partial charge in [0.25, 0.3) is 0 Å². The molecule has 1 amide bonds. The van der Waals surface area contributed by atoms with E-state index in [1.807, 2.05) is 43.3 Å². The number of carbonyl (C=O) groups excluding carboxylic acids is 1. The quantitative estimate of drug-likeness (QED) is 0.344. The van der Waals surface area contributed by atoms with Crippen molar-refractivity contribution in [3.05, 3.63) is 66.9 Å². The molecular weight excluding hydrogens is 404 g/mol. The number of anilines is 6. The van der Waals surface area contributed by atoms with Crippen molar-refractivity contribution >= 4 is 40.4 Å². The first-order valence-corrected chi connectivity index (χ1v) is 10.2. The maximum atomic E-state index is 11.6. The molecule has 0 aliphatic rings. The van der Waals surface area contributed by atoms with E-state index in [9.17, 15) is 4.79 Å². The molecule has 4 N–H and O–H groups in total. The van der Waals surface area contributed by atoms with Crippen LogP contribution in [-0.2, 0) is 4.79 Å². The molecule has 0 unspecified atom stereocenters. The van der Waals surface area contributed by atoms with E-state index >= 15 is 0 Å². The number of benzene rings is 2. The lowest BCUT2D eigenvalue weighted by molar-refractivity contribution is -0.111. The summed E-state index contributed by atoms with van der Waals surface area (Å²) >= 11 is 0. The maximum absolute atomic E-state index is 11.6. The topological polar surface area (TPSA) is 100 Å². The van der Waals surface area contributed by atoms with Crippen LogP contribution in [0.25, 0.3) is 0 Å². The number of nitrogens with zero attached hydrogens (tertiary/aromatic N) is 2. The molecule has 0 saturated heterocycles. The predicted molar refractivity (Wildman–Crippen MR) is 130 cm³/mol. The van der Waals surface area contributed by atoms with Crippen molar-refractivity contribution < 1.29 is 9.53 Å². The number of ether oxygens (including phenoxy) is 1. The molecule has 8 heteroatoms. The standard InChI is InChI=1S/C24H28N6O2/c1-6-22(31)27-17-8-7-9-18(12-17)28-23-16(4)14-25-24(30-23)29-20-11-10-19(26-15(2)3)13-21(20)32-5/h6-15,26H,1H2,2-5H3,(H,27,31)(H2,25,28,29,30). The second-order valence-corrected chi connectivity index (χ2v) is 7.46. The van der Waals surface area contributed by atoms with Gasteiger partial charge in [0, 0.05) is 40.9 Å². The largest absolute Gasteiger partial charge is 0.494 e. The van der Waals surface area contributed by atoms with Crippen LogP contribution in [0.15, 0.2) is 61.3 Å². The minimum Gasteiger partial charge on any atom is -0.494 e. The van der Waals surface area contributed by atoms with Crippen molar-refractivity contribution in [3.63, 3.8) is 0 Å². The van der Waals surface area contributed by atoms with Gasteiger partial charge in [0.05, 0.1) is 12.8 Å². The second kappa shape index (κ2) is 10.3. The number of aromatic nitrogens is 2. The highest BCUT2D eigenvalue weighted by atomic mass is 16.5. The first-order valence-electron chi connectivity index (χ1n) is 10.2. The fraction of sp³-hybridized carbons (Fsp3) is 0.208. The Bertz CT molecular complexity index is 1110. The zero-order valence-corrected chi connectivity index (χ0v) is 18.7. The van der Waals surface area contributed by atoms with Crippen LogP contribution >= 0.6 is 0 Å². The van der Waals surface area contributed by atoms with Crippen molar-refractivity contribution in [2.75, 3.05) is 28.4 Å².